The quantitative estimate of drug-likeness (QED) is 0.111. The van der Waals surface area contributed by atoms with Crippen molar-refractivity contribution in [3.05, 3.63) is 119 Å². The molecule has 0 atom stereocenters. The van der Waals surface area contributed by atoms with E-state index in [2.05, 4.69) is 0 Å². The van der Waals surface area contributed by atoms with Crippen molar-refractivity contribution in [3.8, 4) is 11.5 Å². The highest BCUT2D eigenvalue weighted by Crippen LogP contribution is 2.20. The number of amides is 2. The van der Waals surface area contributed by atoms with Crippen molar-refractivity contribution in [2.45, 2.75) is 26.2 Å². The molecular weight excluding hydrogens is 658 g/mol. The highest BCUT2D eigenvalue weighted by molar-refractivity contribution is 5.68. The minimum Gasteiger partial charge on any atom is -0.497 e. The molecule has 0 radical (unpaired) electrons. The number of anilines is 2. The molecule has 0 saturated carbocycles. The number of benzene rings is 4. The molecule has 4 aromatic rings. The topological polar surface area (TPSA) is 87.3 Å². The van der Waals surface area contributed by atoms with E-state index in [-0.39, 0.29) is 13.2 Å². The molecule has 0 N–H and O–H groups in total. The number of likely N-dealkylation sites (N-methyl/N-ethyl adjacent to an activating group) is 1. The number of hydrogen-bond acceptors (Lipinski definition) is 9. The van der Waals surface area contributed by atoms with Crippen LogP contribution in [-0.2, 0) is 35.7 Å². The van der Waals surface area contributed by atoms with Crippen LogP contribution in [0.2, 0.25) is 0 Å². The first kappa shape index (κ1) is 39.4. The van der Waals surface area contributed by atoms with Gasteiger partial charge in [0.15, 0.2) is 0 Å². The summed E-state index contributed by atoms with van der Waals surface area (Å²) in [5.74, 6) is 1.51. The van der Waals surface area contributed by atoms with E-state index in [0.717, 1.165) is 45.1 Å². The summed E-state index contributed by atoms with van der Waals surface area (Å²) in [6, 6.07) is 31.6. The van der Waals surface area contributed by atoms with Crippen LogP contribution >= 0.6 is 0 Å². The van der Waals surface area contributed by atoms with Gasteiger partial charge in [-0.25, -0.2) is 9.59 Å². The normalized spacial score (nSPS) is 10.8. The van der Waals surface area contributed by atoms with E-state index in [9.17, 15) is 9.59 Å². The summed E-state index contributed by atoms with van der Waals surface area (Å²) >= 11 is 0. The Morgan fingerprint density at radius 1 is 0.462 bits per heavy atom. The van der Waals surface area contributed by atoms with Gasteiger partial charge in [-0.1, -0.05) is 48.5 Å². The van der Waals surface area contributed by atoms with Crippen LogP contribution in [0.5, 0.6) is 11.5 Å². The standard InChI is InChI=1S/C41H53N5O6/c1-42(2)36-16-8-32(9-17-36)28-45(30-34-12-20-38(49-6)21-13-34)40(47)51-26-24-44(5)25-27-52-41(48)46(31-35-14-22-39(50-7)23-15-35)29-33-10-18-37(19-11-33)43(3)4/h8-23H,24-31H2,1-7H3. The second-order valence-corrected chi connectivity index (χ2v) is 13.1. The van der Waals surface area contributed by atoms with E-state index >= 15 is 0 Å². The SMILES string of the molecule is COc1ccc(CN(Cc2ccc(N(C)C)cc2)C(=O)OCCN(C)CCOC(=O)N(Cc2ccc(OC)cc2)Cc2ccc(N(C)C)cc2)cc1. The van der Waals surface area contributed by atoms with Gasteiger partial charge >= 0.3 is 12.2 Å². The molecule has 0 spiro atoms. The molecule has 11 nitrogen and oxygen atoms in total. The smallest absolute Gasteiger partial charge is 0.410 e. The Hall–Kier alpha value is -5.42. The fraction of sp³-hybridized carbons (Fsp3) is 0.366. The van der Waals surface area contributed by atoms with Gasteiger partial charge in [-0.15, -0.1) is 0 Å². The van der Waals surface area contributed by atoms with Crippen molar-refractivity contribution in [2.24, 2.45) is 0 Å². The number of rotatable bonds is 18. The van der Waals surface area contributed by atoms with Crippen molar-refractivity contribution in [1.82, 2.24) is 14.7 Å². The second kappa shape index (κ2) is 19.8. The number of hydrogen-bond donors (Lipinski definition) is 0. The monoisotopic (exact) mass is 711 g/mol. The Labute approximate surface area is 308 Å². The van der Waals surface area contributed by atoms with Crippen LogP contribution in [0.4, 0.5) is 21.0 Å². The first-order valence-electron chi connectivity index (χ1n) is 17.3. The van der Waals surface area contributed by atoms with Crippen LogP contribution in [0.3, 0.4) is 0 Å². The summed E-state index contributed by atoms with van der Waals surface area (Å²) in [6.07, 6.45) is -0.805. The van der Waals surface area contributed by atoms with Gasteiger partial charge in [0, 0.05) is 78.8 Å². The van der Waals surface area contributed by atoms with Crippen molar-refractivity contribution < 1.29 is 28.5 Å². The highest BCUT2D eigenvalue weighted by Gasteiger charge is 2.19. The zero-order chi connectivity index (χ0) is 37.5. The number of nitrogens with zero attached hydrogens (tertiary/aromatic N) is 5. The molecule has 0 aromatic heterocycles. The zero-order valence-corrected chi connectivity index (χ0v) is 31.6. The predicted octanol–water partition coefficient (Wildman–Crippen LogP) is 6.75. The minimum atomic E-state index is -0.403. The summed E-state index contributed by atoms with van der Waals surface area (Å²) < 4.78 is 22.1. The van der Waals surface area contributed by atoms with Crippen molar-refractivity contribution in [2.75, 3.05) is 85.6 Å². The summed E-state index contributed by atoms with van der Waals surface area (Å²) in [6.45, 7) is 2.90. The first-order valence-corrected chi connectivity index (χ1v) is 17.3. The lowest BCUT2D eigenvalue weighted by atomic mass is 10.1. The number of carbonyl (C=O) groups is 2. The van der Waals surface area contributed by atoms with E-state index in [0.29, 0.717) is 39.3 Å². The van der Waals surface area contributed by atoms with Gasteiger partial charge in [-0.3, -0.25) is 14.7 Å². The number of methoxy groups -OCH3 is 2. The van der Waals surface area contributed by atoms with Crippen LogP contribution in [-0.4, -0.2) is 103 Å². The van der Waals surface area contributed by atoms with Crippen LogP contribution in [0.1, 0.15) is 22.3 Å². The maximum atomic E-state index is 13.4. The van der Waals surface area contributed by atoms with Crippen LogP contribution in [0, 0.1) is 0 Å². The molecule has 278 valence electrons. The molecule has 4 aromatic carbocycles. The Morgan fingerprint density at radius 3 is 1.02 bits per heavy atom. The first-order chi connectivity index (χ1) is 25.0. The molecule has 2 amide bonds. The molecule has 0 aliphatic carbocycles. The summed E-state index contributed by atoms with van der Waals surface area (Å²) in [5, 5.41) is 0. The Bertz CT molecular complexity index is 1540. The fourth-order valence-electron chi connectivity index (χ4n) is 5.38. The van der Waals surface area contributed by atoms with E-state index in [1.807, 2.05) is 147 Å². The van der Waals surface area contributed by atoms with Gasteiger partial charge in [0.2, 0.25) is 0 Å². The second-order valence-electron chi connectivity index (χ2n) is 13.1. The van der Waals surface area contributed by atoms with Crippen molar-refractivity contribution in [3.63, 3.8) is 0 Å². The Balaban J connectivity index is 1.30. The van der Waals surface area contributed by atoms with E-state index in [4.69, 9.17) is 18.9 Å². The molecule has 0 unspecified atom stereocenters. The summed E-state index contributed by atoms with van der Waals surface area (Å²) in [5.41, 5.74) is 6.10. The molecule has 0 fully saturated rings. The average Bonchev–Trinajstić information content (AvgIpc) is 3.15. The lowest BCUT2D eigenvalue weighted by Crippen LogP contribution is -2.35. The van der Waals surface area contributed by atoms with Gasteiger partial charge in [0.1, 0.15) is 24.7 Å². The molecule has 0 heterocycles. The van der Waals surface area contributed by atoms with Crippen LogP contribution < -0.4 is 19.3 Å². The largest absolute Gasteiger partial charge is 0.497 e. The van der Waals surface area contributed by atoms with Crippen molar-refractivity contribution in [1.29, 1.82) is 0 Å². The minimum absolute atomic E-state index is 0.189. The lowest BCUT2D eigenvalue weighted by Gasteiger charge is -2.25. The van der Waals surface area contributed by atoms with Crippen LogP contribution in [0.15, 0.2) is 97.1 Å². The predicted molar refractivity (Wildman–Crippen MR) is 206 cm³/mol. The lowest BCUT2D eigenvalue weighted by molar-refractivity contribution is 0.0761. The maximum Gasteiger partial charge on any atom is 0.410 e. The van der Waals surface area contributed by atoms with Gasteiger partial charge in [0.05, 0.1) is 14.2 Å². The maximum absolute atomic E-state index is 13.4. The van der Waals surface area contributed by atoms with E-state index < -0.39 is 12.2 Å². The Kier molecular flexibility index (Phi) is 15.0. The van der Waals surface area contributed by atoms with Gasteiger partial charge in [-0.2, -0.15) is 0 Å². The molecule has 0 bridgehead atoms. The molecule has 52 heavy (non-hydrogen) atoms. The van der Waals surface area contributed by atoms with E-state index in [1.54, 1.807) is 24.0 Å². The molecule has 4 rings (SSSR count). The number of ether oxygens (including phenoxy) is 4. The zero-order valence-electron chi connectivity index (χ0n) is 31.6. The highest BCUT2D eigenvalue weighted by atomic mass is 16.6. The molecule has 0 aliphatic rings. The van der Waals surface area contributed by atoms with Gasteiger partial charge in [-0.05, 0) is 77.8 Å². The van der Waals surface area contributed by atoms with Gasteiger partial charge < -0.3 is 28.7 Å². The third-order valence-corrected chi connectivity index (χ3v) is 8.63. The van der Waals surface area contributed by atoms with Crippen molar-refractivity contribution >= 4 is 23.6 Å². The van der Waals surface area contributed by atoms with Gasteiger partial charge in [0.25, 0.3) is 0 Å². The molecule has 11 heteroatoms. The summed E-state index contributed by atoms with van der Waals surface area (Å²) in [7, 11) is 13.1. The Morgan fingerprint density at radius 2 is 0.750 bits per heavy atom. The average molecular weight is 712 g/mol. The third kappa shape index (κ3) is 12.4. The molecule has 0 saturated heterocycles. The number of carbonyl (C=O) groups excluding carboxylic acids is 2. The van der Waals surface area contributed by atoms with Crippen LogP contribution in [0.25, 0.3) is 0 Å². The fourth-order valence-corrected chi connectivity index (χ4v) is 5.38. The third-order valence-electron chi connectivity index (χ3n) is 8.63. The summed E-state index contributed by atoms with van der Waals surface area (Å²) in [4.78, 5) is 36.2. The van der Waals surface area contributed by atoms with E-state index in [1.165, 1.54) is 0 Å². The molecule has 0 aliphatic heterocycles. The molecular formula is C41H53N5O6.